The van der Waals surface area contributed by atoms with E-state index in [0.717, 1.165) is 22.3 Å². The minimum atomic E-state index is -0.209. The van der Waals surface area contributed by atoms with Gasteiger partial charge in [0.2, 0.25) is 0 Å². The maximum absolute atomic E-state index is 12.6. The van der Waals surface area contributed by atoms with E-state index in [1.54, 1.807) is 10.9 Å². The van der Waals surface area contributed by atoms with Gasteiger partial charge in [-0.2, -0.15) is 0 Å². The van der Waals surface area contributed by atoms with Crippen molar-refractivity contribution < 1.29 is 4.79 Å². The van der Waals surface area contributed by atoms with Crippen LogP contribution in [-0.2, 0) is 14.1 Å². The number of nitrogens with zero attached hydrogens (tertiary/aromatic N) is 4. The van der Waals surface area contributed by atoms with Crippen LogP contribution in [0.4, 0.5) is 0 Å². The summed E-state index contributed by atoms with van der Waals surface area (Å²) in [4.78, 5) is 12.6. The van der Waals surface area contributed by atoms with Gasteiger partial charge in [0.15, 0.2) is 5.82 Å². The molecule has 0 aliphatic carbocycles. The Bertz CT molecular complexity index is 845. The Kier molecular flexibility index (Phi) is 3.44. The Morgan fingerprint density at radius 2 is 2.09 bits per heavy atom. The van der Waals surface area contributed by atoms with Crippen LogP contribution in [0.25, 0.3) is 10.9 Å². The quantitative estimate of drug-likeness (QED) is 0.805. The lowest BCUT2D eigenvalue weighted by atomic mass is 10.1. The summed E-state index contributed by atoms with van der Waals surface area (Å²) >= 11 is 0. The Hall–Kier alpha value is -2.63. The molecule has 0 saturated carbocycles. The van der Waals surface area contributed by atoms with Crippen molar-refractivity contribution in [2.45, 2.75) is 19.9 Å². The van der Waals surface area contributed by atoms with Gasteiger partial charge in [0, 0.05) is 25.0 Å². The maximum atomic E-state index is 12.6. The van der Waals surface area contributed by atoms with E-state index in [-0.39, 0.29) is 11.9 Å². The number of hydrogen-bond acceptors (Lipinski definition) is 3. The molecular formula is C16H19N5O. The summed E-state index contributed by atoms with van der Waals surface area (Å²) in [5.41, 5.74) is 2.85. The van der Waals surface area contributed by atoms with E-state index in [1.165, 1.54) is 0 Å². The second-order valence-electron chi connectivity index (χ2n) is 5.59. The number of fused-ring (bicyclic) bond motifs is 1. The second kappa shape index (κ2) is 5.29. The van der Waals surface area contributed by atoms with Crippen LogP contribution < -0.4 is 5.32 Å². The zero-order chi connectivity index (χ0) is 15.9. The van der Waals surface area contributed by atoms with Crippen molar-refractivity contribution in [2.24, 2.45) is 14.1 Å². The van der Waals surface area contributed by atoms with Gasteiger partial charge in [-0.25, -0.2) is 0 Å². The summed E-state index contributed by atoms with van der Waals surface area (Å²) in [6, 6.07) is 7.79. The lowest BCUT2D eigenvalue weighted by Gasteiger charge is -2.13. The molecule has 1 amide bonds. The summed E-state index contributed by atoms with van der Waals surface area (Å²) in [6.45, 7) is 3.95. The SMILES string of the molecule is Cc1cccc2c1cc(C(=O)NC(C)c1nncn1C)n2C. The third-order valence-electron chi connectivity index (χ3n) is 4.02. The van der Waals surface area contributed by atoms with Gasteiger partial charge in [0.05, 0.1) is 6.04 Å². The fourth-order valence-corrected chi connectivity index (χ4v) is 2.75. The number of aromatic nitrogens is 4. The van der Waals surface area contributed by atoms with Gasteiger partial charge in [-0.05, 0) is 31.5 Å². The molecule has 1 N–H and O–H groups in total. The smallest absolute Gasteiger partial charge is 0.268 e. The van der Waals surface area contributed by atoms with Gasteiger partial charge in [0.25, 0.3) is 5.91 Å². The molecule has 0 aliphatic heterocycles. The van der Waals surface area contributed by atoms with Gasteiger partial charge < -0.3 is 14.5 Å². The number of benzene rings is 1. The van der Waals surface area contributed by atoms with E-state index in [2.05, 4.69) is 15.5 Å². The van der Waals surface area contributed by atoms with Crippen LogP contribution in [0, 0.1) is 6.92 Å². The van der Waals surface area contributed by atoms with E-state index in [9.17, 15) is 4.79 Å². The van der Waals surface area contributed by atoms with Crippen molar-refractivity contribution in [3.8, 4) is 0 Å². The third-order valence-corrected chi connectivity index (χ3v) is 4.02. The average molecular weight is 297 g/mol. The highest BCUT2D eigenvalue weighted by atomic mass is 16.2. The molecule has 2 heterocycles. The van der Waals surface area contributed by atoms with E-state index in [4.69, 9.17) is 0 Å². The summed E-state index contributed by atoms with van der Waals surface area (Å²) in [6.07, 6.45) is 1.62. The van der Waals surface area contributed by atoms with Crippen molar-refractivity contribution in [3.05, 3.63) is 47.7 Å². The molecule has 0 saturated heterocycles. The largest absolute Gasteiger partial charge is 0.341 e. The Balaban J connectivity index is 1.91. The zero-order valence-corrected chi connectivity index (χ0v) is 13.2. The van der Waals surface area contributed by atoms with Gasteiger partial charge in [0.1, 0.15) is 12.0 Å². The molecule has 0 spiro atoms. The molecule has 6 nitrogen and oxygen atoms in total. The summed E-state index contributed by atoms with van der Waals surface area (Å²) in [5.74, 6) is 0.608. The van der Waals surface area contributed by atoms with Gasteiger partial charge in [-0.15, -0.1) is 10.2 Å². The molecule has 0 aliphatic rings. The topological polar surface area (TPSA) is 64.7 Å². The fourth-order valence-electron chi connectivity index (χ4n) is 2.75. The zero-order valence-electron chi connectivity index (χ0n) is 13.2. The van der Waals surface area contributed by atoms with E-state index < -0.39 is 0 Å². The van der Waals surface area contributed by atoms with Gasteiger partial charge >= 0.3 is 0 Å². The number of aryl methyl sites for hydroxylation is 3. The molecule has 2 aromatic heterocycles. The highest BCUT2D eigenvalue weighted by molar-refractivity contribution is 5.99. The predicted octanol–water partition coefficient (Wildman–Crippen LogP) is 2.11. The van der Waals surface area contributed by atoms with Crippen molar-refractivity contribution >= 4 is 16.8 Å². The molecule has 1 atom stereocenters. The van der Waals surface area contributed by atoms with E-state index in [1.807, 2.05) is 56.8 Å². The van der Waals surface area contributed by atoms with Crippen molar-refractivity contribution in [2.75, 3.05) is 0 Å². The van der Waals surface area contributed by atoms with E-state index in [0.29, 0.717) is 5.69 Å². The second-order valence-corrected chi connectivity index (χ2v) is 5.59. The van der Waals surface area contributed by atoms with Crippen LogP contribution in [0.1, 0.15) is 34.8 Å². The lowest BCUT2D eigenvalue weighted by molar-refractivity contribution is 0.0930. The number of rotatable bonds is 3. The predicted molar refractivity (Wildman–Crippen MR) is 84.5 cm³/mol. The fraction of sp³-hybridized carbons (Fsp3) is 0.312. The minimum absolute atomic E-state index is 0.117. The molecule has 6 heteroatoms. The molecule has 3 aromatic rings. The van der Waals surface area contributed by atoms with Crippen molar-refractivity contribution in [3.63, 3.8) is 0 Å². The summed E-state index contributed by atoms with van der Waals surface area (Å²) in [5, 5.41) is 12.0. The van der Waals surface area contributed by atoms with Crippen molar-refractivity contribution in [1.29, 1.82) is 0 Å². The third kappa shape index (κ3) is 2.26. The first kappa shape index (κ1) is 14.3. The molecule has 3 rings (SSSR count). The molecular weight excluding hydrogens is 278 g/mol. The number of carbonyl (C=O) groups is 1. The monoisotopic (exact) mass is 297 g/mol. The molecule has 0 fully saturated rings. The van der Waals surface area contributed by atoms with Crippen LogP contribution in [0.5, 0.6) is 0 Å². The van der Waals surface area contributed by atoms with Gasteiger partial charge in [-0.3, -0.25) is 4.79 Å². The van der Waals surface area contributed by atoms with E-state index >= 15 is 0 Å². The van der Waals surface area contributed by atoms with Gasteiger partial charge in [-0.1, -0.05) is 12.1 Å². The first-order valence-corrected chi connectivity index (χ1v) is 7.19. The first-order chi connectivity index (χ1) is 10.5. The maximum Gasteiger partial charge on any atom is 0.268 e. The Morgan fingerprint density at radius 3 is 2.73 bits per heavy atom. The number of carbonyl (C=O) groups excluding carboxylic acids is 1. The highest BCUT2D eigenvalue weighted by Gasteiger charge is 2.19. The van der Waals surface area contributed by atoms with Crippen LogP contribution in [0.15, 0.2) is 30.6 Å². The number of amides is 1. The molecule has 22 heavy (non-hydrogen) atoms. The normalized spacial score (nSPS) is 12.5. The standard InChI is InChI=1S/C16H19N5O/c1-10-6-5-7-13-12(10)8-14(21(13)4)16(22)18-11(2)15-19-17-9-20(15)3/h5-9,11H,1-4H3,(H,18,22). The van der Waals surface area contributed by atoms with Crippen LogP contribution in [0.3, 0.4) is 0 Å². The highest BCUT2D eigenvalue weighted by Crippen LogP contribution is 2.22. The molecule has 1 aromatic carbocycles. The van der Waals surface area contributed by atoms with Crippen LogP contribution in [-0.4, -0.2) is 25.2 Å². The lowest BCUT2D eigenvalue weighted by Crippen LogP contribution is -2.29. The van der Waals surface area contributed by atoms with Crippen molar-refractivity contribution in [1.82, 2.24) is 24.6 Å². The summed E-state index contributed by atoms with van der Waals surface area (Å²) in [7, 11) is 3.77. The first-order valence-electron chi connectivity index (χ1n) is 7.19. The molecule has 1 unspecified atom stereocenters. The Morgan fingerprint density at radius 1 is 1.32 bits per heavy atom. The number of hydrogen-bond donors (Lipinski definition) is 1. The average Bonchev–Trinajstić information content (AvgIpc) is 3.04. The van der Waals surface area contributed by atoms with Crippen LogP contribution in [0.2, 0.25) is 0 Å². The minimum Gasteiger partial charge on any atom is -0.341 e. The molecule has 114 valence electrons. The molecule has 0 radical (unpaired) electrons. The molecule has 0 bridgehead atoms. The Labute approximate surface area is 128 Å². The summed E-state index contributed by atoms with van der Waals surface area (Å²) < 4.78 is 3.72. The van der Waals surface area contributed by atoms with Crippen LogP contribution >= 0.6 is 0 Å². The number of nitrogens with one attached hydrogen (secondary N) is 1.